The molecule has 17 heavy (non-hydrogen) atoms. The number of ether oxygens (including phenoxy) is 1. The summed E-state index contributed by atoms with van der Waals surface area (Å²) in [4.78, 5) is 11.1. The summed E-state index contributed by atoms with van der Waals surface area (Å²) in [6, 6.07) is 3.85. The topological polar surface area (TPSA) is 46.5 Å². The Balaban J connectivity index is 2.15. The first-order chi connectivity index (χ1) is 8.11. The minimum Gasteiger partial charge on any atom is -0.508 e. The van der Waals surface area contributed by atoms with E-state index in [4.69, 9.17) is 0 Å². The van der Waals surface area contributed by atoms with Crippen molar-refractivity contribution in [2.24, 2.45) is 0 Å². The largest absolute Gasteiger partial charge is 0.508 e. The molecule has 0 radical (unpaired) electrons. The highest BCUT2D eigenvalue weighted by atomic mass is 16.5. The number of aryl methyl sites for hydroxylation is 2. The van der Waals surface area contributed by atoms with E-state index < -0.39 is 0 Å². The van der Waals surface area contributed by atoms with Crippen LogP contribution in [-0.2, 0) is 16.0 Å². The van der Waals surface area contributed by atoms with Crippen LogP contribution >= 0.6 is 0 Å². The molecule has 3 nitrogen and oxygen atoms in total. The van der Waals surface area contributed by atoms with Gasteiger partial charge in [-0.25, -0.2) is 0 Å². The molecular formula is C14H18O3. The molecule has 1 fully saturated rings. The van der Waals surface area contributed by atoms with Crippen LogP contribution < -0.4 is 0 Å². The number of hydrogen-bond donors (Lipinski definition) is 1. The van der Waals surface area contributed by atoms with Crippen LogP contribution in [-0.4, -0.2) is 18.2 Å². The van der Waals surface area contributed by atoms with Crippen LogP contribution in [0.5, 0.6) is 5.75 Å². The molecule has 1 saturated carbocycles. The first-order valence-corrected chi connectivity index (χ1v) is 6.01. The van der Waals surface area contributed by atoms with Gasteiger partial charge < -0.3 is 9.84 Å². The van der Waals surface area contributed by atoms with Crippen LogP contribution in [0.1, 0.15) is 41.9 Å². The van der Waals surface area contributed by atoms with E-state index in [1.165, 1.54) is 7.11 Å². The van der Waals surface area contributed by atoms with E-state index in [0.717, 1.165) is 29.5 Å². The number of carbonyl (C=O) groups is 1. The van der Waals surface area contributed by atoms with Crippen molar-refractivity contribution in [1.29, 1.82) is 0 Å². The number of phenols is 1. The molecule has 0 aliphatic heterocycles. The summed E-state index contributed by atoms with van der Waals surface area (Å²) in [5, 5.41) is 9.86. The summed E-state index contributed by atoms with van der Waals surface area (Å²) < 4.78 is 4.64. The van der Waals surface area contributed by atoms with Gasteiger partial charge in [0.2, 0.25) is 0 Å². The zero-order chi connectivity index (χ0) is 12.4. The van der Waals surface area contributed by atoms with Gasteiger partial charge in [-0.05, 0) is 54.9 Å². The quantitative estimate of drug-likeness (QED) is 0.815. The first-order valence-electron chi connectivity index (χ1n) is 6.01. The molecule has 1 aromatic carbocycles. The summed E-state index contributed by atoms with van der Waals surface area (Å²) in [7, 11) is 1.40. The van der Waals surface area contributed by atoms with Crippen LogP contribution in [0.4, 0.5) is 0 Å². The zero-order valence-corrected chi connectivity index (χ0v) is 10.3. The monoisotopic (exact) mass is 234 g/mol. The lowest BCUT2D eigenvalue weighted by atomic mass is 9.98. The number of methoxy groups -OCH3 is 1. The maximum atomic E-state index is 11.1. The second-order valence-corrected chi connectivity index (χ2v) is 4.69. The number of esters is 1. The molecule has 0 unspecified atom stereocenters. The fourth-order valence-electron chi connectivity index (χ4n) is 2.09. The molecular weight excluding hydrogens is 216 g/mol. The first kappa shape index (κ1) is 12.0. The Morgan fingerprint density at radius 3 is 2.76 bits per heavy atom. The van der Waals surface area contributed by atoms with Crippen molar-refractivity contribution in [3.05, 3.63) is 28.8 Å². The Morgan fingerprint density at radius 1 is 1.47 bits per heavy atom. The standard InChI is InChI=1S/C14H18O3/c1-9-7-13(15)12(10-3-4-10)8-11(9)5-6-14(16)17-2/h7-8,10,15H,3-6H2,1-2H3. The molecule has 1 N–H and O–H groups in total. The van der Waals surface area contributed by atoms with Gasteiger partial charge in [0.05, 0.1) is 7.11 Å². The number of aromatic hydroxyl groups is 1. The second-order valence-electron chi connectivity index (χ2n) is 4.69. The highest BCUT2D eigenvalue weighted by Crippen LogP contribution is 2.44. The van der Waals surface area contributed by atoms with Crippen LogP contribution in [0.15, 0.2) is 12.1 Å². The van der Waals surface area contributed by atoms with Crippen molar-refractivity contribution in [3.63, 3.8) is 0 Å². The zero-order valence-electron chi connectivity index (χ0n) is 10.3. The van der Waals surface area contributed by atoms with E-state index in [1.807, 2.05) is 13.0 Å². The van der Waals surface area contributed by atoms with Gasteiger partial charge in [-0.15, -0.1) is 0 Å². The Kier molecular flexibility index (Phi) is 3.36. The lowest BCUT2D eigenvalue weighted by Gasteiger charge is -2.10. The van der Waals surface area contributed by atoms with Gasteiger partial charge in [-0.1, -0.05) is 6.07 Å². The van der Waals surface area contributed by atoms with Gasteiger partial charge >= 0.3 is 5.97 Å². The summed E-state index contributed by atoms with van der Waals surface area (Å²) in [5.74, 6) is 0.727. The Labute approximate surface area is 101 Å². The van der Waals surface area contributed by atoms with Crippen LogP contribution in [0.2, 0.25) is 0 Å². The van der Waals surface area contributed by atoms with Gasteiger partial charge in [0.1, 0.15) is 5.75 Å². The normalized spacial score (nSPS) is 14.7. The van der Waals surface area contributed by atoms with Crippen molar-refractivity contribution in [2.45, 2.75) is 38.5 Å². The lowest BCUT2D eigenvalue weighted by molar-refractivity contribution is -0.140. The van der Waals surface area contributed by atoms with Gasteiger partial charge in [0.25, 0.3) is 0 Å². The van der Waals surface area contributed by atoms with Crippen LogP contribution in [0, 0.1) is 6.92 Å². The van der Waals surface area contributed by atoms with Crippen LogP contribution in [0.3, 0.4) is 0 Å². The van der Waals surface area contributed by atoms with E-state index in [2.05, 4.69) is 4.74 Å². The minimum absolute atomic E-state index is 0.189. The van der Waals surface area contributed by atoms with E-state index in [1.54, 1.807) is 6.07 Å². The summed E-state index contributed by atoms with van der Waals surface area (Å²) >= 11 is 0. The number of phenolic OH excluding ortho intramolecular Hbond substituents is 1. The van der Waals surface area contributed by atoms with Gasteiger partial charge in [-0.2, -0.15) is 0 Å². The fraction of sp³-hybridized carbons (Fsp3) is 0.500. The SMILES string of the molecule is COC(=O)CCc1cc(C2CC2)c(O)cc1C. The molecule has 0 amide bonds. The highest BCUT2D eigenvalue weighted by molar-refractivity contribution is 5.69. The van der Waals surface area contributed by atoms with E-state index in [-0.39, 0.29) is 5.97 Å². The smallest absolute Gasteiger partial charge is 0.305 e. The molecule has 1 aliphatic rings. The fourth-order valence-corrected chi connectivity index (χ4v) is 2.09. The van der Waals surface area contributed by atoms with E-state index in [9.17, 15) is 9.90 Å². The van der Waals surface area contributed by atoms with Crippen molar-refractivity contribution < 1.29 is 14.6 Å². The number of carbonyl (C=O) groups excluding carboxylic acids is 1. The molecule has 1 aliphatic carbocycles. The summed E-state index contributed by atoms with van der Waals surface area (Å²) in [5.41, 5.74) is 3.21. The molecule has 0 aromatic heterocycles. The molecule has 0 atom stereocenters. The maximum absolute atomic E-state index is 11.1. The summed E-state index contributed by atoms with van der Waals surface area (Å²) in [6.07, 6.45) is 3.39. The Morgan fingerprint density at radius 2 is 2.18 bits per heavy atom. The summed E-state index contributed by atoms with van der Waals surface area (Å²) in [6.45, 7) is 1.96. The highest BCUT2D eigenvalue weighted by Gasteiger charge is 2.26. The third-order valence-corrected chi connectivity index (χ3v) is 3.33. The molecule has 2 rings (SSSR count). The van der Waals surface area contributed by atoms with Gasteiger partial charge in [-0.3, -0.25) is 4.79 Å². The molecule has 92 valence electrons. The van der Waals surface area contributed by atoms with Crippen molar-refractivity contribution in [2.75, 3.05) is 7.11 Å². The predicted octanol–water partition coefficient (Wildman–Crippen LogP) is 2.68. The van der Waals surface area contributed by atoms with Crippen molar-refractivity contribution in [1.82, 2.24) is 0 Å². The van der Waals surface area contributed by atoms with E-state index in [0.29, 0.717) is 24.5 Å². The Hall–Kier alpha value is -1.51. The Bertz CT molecular complexity index is 433. The van der Waals surface area contributed by atoms with Gasteiger partial charge in [0.15, 0.2) is 0 Å². The van der Waals surface area contributed by atoms with Crippen LogP contribution in [0.25, 0.3) is 0 Å². The molecule has 0 saturated heterocycles. The maximum Gasteiger partial charge on any atom is 0.305 e. The number of rotatable bonds is 4. The third kappa shape index (κ3) is 2.78. The molecule has 0 bridgehead atoms. The van der Waals surface area contributed by atoms with E-state index >= 15 is 0 Å². The number of benzene rings is 1. The predicted molar refractivity (Wildman–Crippen MR) is 65.2 cm³/mol. The molecule has 3 heteroatoms. The number of hydrogen-bond acceptors (Lipinski definition) is 3. The second kappa shape index (κ2) is 4.78. The van der Waals surface area contributed by atoms with Gasteiger partial charge in [0, 0.05) is 6.42 Å². The lowest BCUT2D eigenvalue weighted by Crippen LogP contribution is -2.03. The van der Waals surface area contributed by atoms with Crippen molar-refractivity contribution in [3.8, 4) is 5.75 Å². The molecule has 1 aromatic rings. The average molecular weight is 234 g/mol. The third-order valence-electron chi connectivity index (χ3n) is 3.33. The van der Waals surface area contributed by atoms with Crippen molar-refractivity contribution >= 4 is 5.97 Å². The molecule has 0 heterocycles. The minimum atomic E-state index is -0.189. The average Bonchev–Trinajstić information content (AvgIpc) is 3.11. The molecule has 0 spiro atoms.